The highest BCUT2D eigenvalue weighted by atomic mass is 16.5. The standard InChI is InChI=1S/C21H20O6.C6H10O/c1-26-20-11-14(5-9-18(20)24)3-7-16(22)13-17(23)8-4-15-6-10-19(25)21(12-15)27-2;1-5(2)4-6(3)7/h3-12,24-25H,13H2,1-2H3;4H,1-3H3/b7-3+,8-4+;. The molecule has 180 valence electrons. The van der Waals surface area contributed by atoms with Gasteiger partial charge in [0.25, 0.3) is 0 Å². The summed E-state index contributed by atoms with van der Waals surface area (Å²) in [6.07, 6.45) is 7.05. The third kappa shape index (κ3) is 10.5. The lowest BCUT2D eigenvalue weighted by Gasteiger charge is -2.03. The van der Waals surface area contributed by atoms with Crippen LogP contribution < -0.4 is 9.47 Å². The number of methoxy groups -OCH3 is 2. The minimum absolute atomic E-state index is 0.00662. The van der Waals surface area contributed by atoms with Crippen molar-refractivity contribution in [2.45, 2.75) is 27.2 Å². The van der Waals surface area contributed by atoms with Gasteiger partial charge in [-0.05, 0) is 74.4 Å². The molecule has 0 aliphatic heterocycles. The minimum atomic E-state index is -0.347. The molecule has 0 saturated carbocycles. The normalized spacial score (nSPS) is 10.4. The SMILES string of the molecule is CC(=O)C=C(C)C.COc1cc(/C=C/C(=O)CC(=O)/C=C/c2ccc(O)c(OC)c2)ccc1O. The van der Waals surface area contributed by atoms with Gasteiger partial charge in [-0.25, -0.2) is 0 Å². The monoisotopic (exact) mass is 466 g/mol. The molecule has 0 heterocycles. The average Bonchev–Trinajstić information content (AvgIpc) is 2.77. The summed E-state index contributed by atoms with van der Waals surface area (Å²) in [6.45, 7) is 5.36. The van der Waals surface area contributed by atoms with E-state index in [2.05, 4.69) is 0 Å². The van der Waals surface area contributed by atoms with Gasteiger partial charge in [0.1, 0.15) is 0 Å². The Hall–Kier alpha value is -4.13. The predicted octanol–water partition coefficient (Wildman–Crippen LogP) is 4.91. The van der Waals surface area contributed by atoms with Crippen LogP contribution in [0.3, 0.4) is 0 Å². The molecule has 34 heavy (non-hydrogen) atoms. The second kappa shape index (κ2) is 14.1. The van der Waals surface area contributed by atoms with E-state index in [1.165, 1.54) is 38.5 Å². The van der Waals surface area contributed by atoms with Crippen molar-refractivity contribution in [1.29, 1.82) is 0 Å². The summed E-state index contributed by atoms with van der Waals surface area (Å²) in [7, 11) is 2.87. The molecule has 2 N–H and O–H groups in total. The molecule has 2 aromatic rings. The summed E-state index contributed by atoms with van der Waals surface area (Å²) in [6, 6.07) is 9.34. The van der Waals surface area contributed by atoms with Crippen LogP contribution in [0, 0.1) is 0 Å². The number of phenols is 2. The highest BCUT2D eigenvalue weighted by Gasteiger charge is 2.06. The first-order chi connectivity index (χ1) is 16.0. The molecule has 0 atom stereocenters. The summed E-state index contributed by atoms with van der Waals surface area (Å²) >= 11 is 0. The molecule has 0 aromatic heterocycles. The lowest BCUT2D eigenvalue weighted by atomic mass is 10.1. The number of aromatic hydroxyl groups is 2. The van der Waals surface area contributed by atoms with Crippen LogP contribution in [0.1, 0.15) is 38.3 Å². The van der Waals surface area contributed by atoms with Crippen molar-refractivity contribution in [3.63, 3.8) is 0 Å². The van der Waals surface area contributed by atoms with E-state index < -0.39 is 0 Å². The van der Waals surface area contributed by atoms with Gasteiger partial charge in [-0.1, -0.05) is 29.9 Å². The Labute approximate surface area is 199 Å². The van der Waals surface area contributed by atoms with E-state index in [9.17, 15) is 24.6 Å². The van der Waals surface area contributed by atoms with Crippen LogP contribution in [0.15, 0.2) is 60.2 Å². The lowest BCUT2D eigenvalue weighted by Crippen LogP contribution is -2.01. The van der Waals surface area contributed by atoms with E-state index in [0.717, 1.165) is 5.57 Å². The van der Waals surface area contributed by atoms with E-state index in [4.69, 9.17) is 9.47 Å². The fourth-order valence-corrected chi connectivity index (χ4v) is 2.67. The van der Waals surface area contributed by atoms with Crippen LogP contribution in [0.4, 0.5) is 0 Å². The molecule has 0 amide bonds. The first-order valence-corrected chi connectivity index (χ1v) is 10.4. The van der Waals surface area contributed by atoms with Crippen LogP contribution in [-0.2, 0) is 14.4 Å². The van der Waals surface area contributed by atoms with Crippen molar-refractivity contribution in [3.8, 4) is 23.0 Å². The summed E-state index contributed by atoms with van der Waals surface area (Å²) in [4.78, 5) is 34.0. The molecule has 7 nitrogen and oxygen atoms in total. The van der Waals surface area contributed by atoms with Gasteiger partial charge in [0.15, 0.2) is 40.3 Å². The summed E-state index contributed by atoms with van der Waals surface area (Å²) in [5, 5.41) is 19.1. The molecular formula is C27H30O7. The van der Waals surface area contributed by atoms with Gasteiger partial charge in [-0.15, -0.1) is 0 Å². The van der Waals surface area contributed by atoms with Crippen LogP contribution in [0.25, 0.3) is 12.2 Å². The second-order valence-electron chi connectivity index (χ2n) is 7.47. The molecular weight excluding hydrogens is 436 g/mol. The molecule has 0 aliphatic rings. The maximum absolute atomic E-state index is 11.9. The average molecular weight is 467 g/mol. The number of carbonyl (C=O) groups is 3. The van der Waals surface area contributed by atoms with Gasteiger partial charge in [0, 0.05) is 0 Å². The molecule has 2 rings (SSSR count). The van der Waals surface area contributed by atoms with Crippen LogP contribution in [-0.4, -0.2) is 41.8 Å². The van der Waals surface area contributed by atoms with Gasteiger partial charge in [-0.2, -0.15) is 0 Å². The topological polar surface area (TPSA) is 110 Å². The van der Waals surface area contributed by atoms with Gasteiger partial charge < -0.3 is 19.7 Å². The van der Waals surface area contributed by atoms with Crippen molar-refractivity contribution < 1.29 is 34.1 Å². The first-order valence-electron chi connectivity index (χ1n) is 10.4. The molecule has 0 spiro atoms. The maximum atomic E-state index is 11.9. The Morgan fingerprint density at radius 1 is 0.765 bits per heavy atom. The fourth-order valence-electron chi connectivity index (χ4n) is 2.67. The quantitative estimate of drug-likeness (QED) is 0.399. The van der Waals surface area contributed by atoms with Gasteiger partial charge in [0.05, 0.1) is 20.6 Å². The predicted molar refractivity (Wildman–Crippen MR) is 132 cm³/mol. The van der Waals surface area contributed by atoms with Crippen LogP contribution in [0.2, 0.25) is 0 Å². The van der Waals surface area contributed by atoms with E-state index in [1.54, 1.807) is 49.4 Å². The first kappa shape index (κ1) is 27.9. The third-order valence-electron chi connectivity index (χ3n) is 4.17. The number of hydrogen-bond acceptors (Lipinski definition) is 7. The fraction of sp³-hybridized carbons (Fsp3) is 0.222. The largest absolute Gasteiger partial charge is 0.504 e. The zero-order chi connectivity index (χ0) is 25.7. The highest BCUT2D eigenvalue weighted by Crippen LogP contribution is 2.27. The Bertz CT molecular complexity index is 1030. The van der Waals surface area contributed by atoms with E-state index in [0.29, 0.717) is 22.6 Å². The van der Waals surface area contributed by atoms with Crippen molar-refractivity contribution in [3.05, 3.63) is 71.3 Å². The van der Waals surface area contributed by atoms with E-state index in [1.807, 2.05) is 13.8 Å². The number of phenolic OH excluding ortho intramolecular Hbond substituents is 2. The Morgan fingerprint density at radius 2 is 1.18 bits per heavy atom. The second-order valence-corrected chi connectivity index (χ2v) is 7.47. The van der Waals surface area contributed by atoms with Crippen molar-refractivity contribution in [1.82, 2.24) is 0 Å². The number of hydrogen-bond donors (Lipinski definition) is 2. The van der Waals surface area contributed by atoms with E-state index in [-0.39, 0.29) is 35.3 Å². The molecule has 0 saturated heterocycles. The van der Waals surface area contributed by atoms with Gasteiger partial charge >= 0.3 is 0 Å². The number of benzene rings is 2. The number of allylic oxidation sites excluding steroid dienone is 4. The number of rotatable bonds is 9. The Morgan fingerprint density at radius 3 is 1.47 bits per heavy atom. The zero-order valence-corrected chi connectivity index (χ0v) is 20.0. The molecule has 0 bridgehead atoms. The van der Waals surface area contributed by atoms with Crippen molar-refractivity contribution in [2.75, 3.05) is 14.2 Å². The smallest absolute Gasteiger partial charge is 0.163 e. The van der Waals surface area contributed by atoms with E-state index >= 15 is 0 Å². The molecule has 0 aliphatic carbocycles. The summed E-state index contributed by atoms with van der Waals surface area (Å²) in [5.41, 5.74) is 2.39. The number of ether oxygens (including phenoxy) is 2. The van der Waals surface area contributed by atoms with Crippen LogP contribution >= 0.6 is 0 Å². The summed E-state index contributed by atoms with van der Waals surface area (Å²) in [5.74, 6) is 0.0418. The minimum Gasteiger partial charge on any atom is -0.504 e. The maximum Gasteiger partial charge on any atom is 0.163 e. The zero-order valence-electron chi connectivity index (χ0n) is 20.0. The van der Waals surface area contributed by atoms with Gasteiger partial charge in [-0.3, -0.25) is 14.4 Å². The number of ketones is 3. The Balaban J connectivity index is 0.000000718. The van der Waals surface area contributed by atoms with Crippen molar-refractivity contribution >= 4 is 29.5 Å². The molecule has 0 fully saturated rings. The molecule has 2 aromatic carbocycles. The lowest BCUT2D eigenvalue weighted by molar-refractivity contribution is -0.122. The third-order valence-corrected chi connectivity index (χ3v) is 4.17. The van der Waals surface area contributed by atoms with Crippen LogP contribution in [0.5, 0.6) is 23.0 Å². The molecule has 0 unspecified atom stereocenters. The number of carbonyl (C=O) groups excluding carboxylic acids is 3. The highest BCUT2D eigenvalue weighted by molar-refractivity contribution is 6.10. The summed E-state index contributed by atoms with van der Waals surface area (Å²) < 4.78 is 10.00. The van der Waals surface area contributed by atoms with Gasteiger partial charge in [0.2, 0.25) is 0 Å². The Kier molecular flexibility index (Phi) is 11.6. The molecule has 7 heteroatoms. The molecule has 0 radical (unpaired) electrons. The van der Waals surface area contributed by atoms with Crippen molar-refractivity contribution in [2.24, 2.45) is 0 Å².